The van der Waals surface area contributed by atoms with Crippen molar-refractivity contribution in [2.24, 2.45) is 0 Å². The Kier molecular flexibility index (Phi) is 6.99. The number of non-ortho nitro benzene ring substituents is 1. The number of halogens is 1. The van der Waals surface area contributed by atoms with Gasteiger partial charge < -0.3 is 10.1 Å². The van der Waals surface area contributed by atoms with E-state index < -0.39 is 4.92 Å². The summed E-state index contributed by atoms with van der Waals surface area (Å²) in [5.74, 6) is 0.0224. The minimum atomic E-state index is -0.511. The molecule has 0 fully saturated rings. The molecule has 31 heavy (non-hydrogen) atoms. The zero-order valence-corrected chi connectivity index (χ0v) is 16.9. The molecule has 0 aliphatic carbocycles. The summed E-state index contributed by atoms with van der Waals surface area (Å²) in [6.07, 6.45) is 1.55. The summed E-state index contributed by atoms with van der Waals surface area (Å²) in [4.78, 5) is 22.5. The molecule has 3 aromatic carbocycles. The Labute approximate surface area is 183 Å². The Bertz CT molecular complexity index is 1170. The van der Waals surface area contributed by atoms with Crippen molar-refractivity contribution in [2.75, 3.05) is 11.9 Å². The van der Waals surface area contributed by atoms with Gasteiger partial charge in [-0.15, -0.1) is 0 Å². The van der Waals surface area contributed by atoms with Crippen LogP contribution in [-0.2, 0) is 4.79 Å². The number of nitro benzene ring substituents is 1. The second-order valence-corrected chi connectivity index (χ2v) is 6.80. The van der Waals surface area contributed by atoms with Gasteiger partial charge in [-0.05, 0) is 54.1 Å². The third-order valence-corrected chi connectivity index (χ3v) is 4.43. The fraction of sp³-hybridized carbons (Fsp3) is 0.0435. The van der Waals surface area contributed by atoms with E-state index in [0.29, 0.717) is 27.6 Å². The van der Waals surface area contributed by atoms with E-state index in [1.165, 1.54) is 24.3 Å². The van der Waals surface area contributed by atoms with Crippen LogP contribution in [0.4, 0.5) is 11.4 Å². The standard InChI is InChI=1S/C23H16ClN3O4/c24-19-8-11-22(31-15-23(28)26-20-4-2-1-3-5-20)17(13-19)12-18(14-25)16-6-9-21(10-7-16)27(29)30/h1-13H,15H2,(H,26,28)/b18-12+. The lowest BCUT2D eigenvalue weighted by Gasteiger charge is -2.11. The van der Waals surface area contributed by atoms with Gasteiger partial charge in [-0.3, -0.25) is 14.9 Å². The topological polar surface area (TPSA) is 105 Å². The van der Waals surface area contributed by atoms with E-state index in [0.717, 1.165) is 0 Å². The first-order valence-corrected chi connectivity index (χ1v) is 9.48. The van der Waals surface area contributed by atoms with Gasteiger partial charge in [0.25, 0.3) is 11.6 Å². The molecule has 0 aliphatic heterocycles. The second-order valence-electron chi connectivity index (χ2n) is 6.36. The van der Waals surface area contributed by atoms with Crippen LogP contribution >= 0.6 is 11.6 Å². The summed E-state index contributed by atoms with van der Waals surface area (Å²) < 4.78 is 5.64. The van der Waals surface area contributed by atoms with Gasteiger partial charge in [-0.2, -0.15) is 5.26 Å². The fourth-order valence-corrected chi connectivity index (χ4v) is 2.90. The van der Waals surface area contributed by atoms with E-state index in [2.05, 4.69) is 11.4 Å². The van der Waals surface area contributed by atoms with Crippen molar-refractivity contribution >= 4 is 40.5 Å². The van der Waals surface area contributed by atoms with E-state index in [4.69, 9.17) is 16.3 Å². The van der Waals surface area contributed by atoms with Crippen LogP contribution in [0.25, 0.3) is 11.6 Å². The molecule has 3 rings (SSSR count). The van der Waals surface area contributed by atoms with E-state index >= 15 is 0 Å². The van der Waals surface area contributed by atoms with Crippen molar-refractivity contribution in [3.8, 4) is 11.8 Å². The average Bonchev–Trinajstić information content (AvgIpc) is 2.77. The van der Waals surface area contributed by atoms with Gasteiger partial charge >= 0.3 is 0 Å². The van der Waals surface area contributed by atoms with Crippen molar-refractivity contribution in [2.45, 2.75) is 0 Å². The number of benzene rings is 3. The van der Waals surface area contributed by atoms with Crippen LogP contribution in [0.3, 0.4) is 0 Å². The smallest absolute Gasteiger partial charge is 0.269 e. The predicted molar refractivity (Wildman–Crippen MR) is 119 cm³/mol. The van der Waals surface area contributed by atoms with Gasteiger partial charge in [0.1, 0.15) is 5.75 Å². The first kappa shape index (κ1) is 21.6. The Hall–Kier alpha value is -4.15. The molecule has 0 saturated carbocycles. The maximum atomic E-state index is 12.2. The third kappa shape index (κ3) is 5.92. The van der Waals surface area contributed by atoms with E-state index in [1.54, 1.807) is 48.5 Å². The van der Waals surface area contributed by atoms with Gasteiger partial charge in [-0.1, -0.05) is 29.8 Å². The molecule has 1 amide bonds. The molecule has 0 radical (unpaired) electrons. The Morgan fingerprint density at radius 3 is 2.48 bits per heavy atom. The number of anilines is 1. The summed E-state index contributed by atoms with van der Waals surface area (Å²) in [6.45, 7) is -0.239. The summed E-state index contributed by atoms with van der Waals surface area (Å²) in [5.41, 5.74) is 1.83. The van der Waals surface area contributed by atoms with Gasteiger partial charge in [-0.25, -0.2) is 0 Å². The molecule has 0 saturated heterocycles. The number of nitrogens with zero attached hydrogens (tertiary/aromatic N) is 2. The largest absolute Gasteiger partial charge is 0.483 e. The maximum Gasteiger partial charge on any atom is 0.269 e. The zero-order valence-electron chi connectivity index (χ0n) is 16.1. The number of hydrogen-bond donors (Lipinski definition) is 1. The number of ether oxygens (including phenoxy) is 1. The van der Waals surface area contributed by atoms with E-state index in [-0.39, 0.29) is 23.8 Å². The fourth-order valence-electron chi connectivity index (χ4n) is 2.72. The molecule has 8 heteroatoms. The number of hydrogen-bond acceptors (Lipinski definition) is 5. The number of para-hydroxylation sites is 1. The van der Waals surface area contributed by atoms with Crippen molar-refractivity contribution in [3.05, 3.63) is 99.1 Å². The highest BCUT2D eigenvalue weighted by Crippen LogP contribution is 2.28. The van der Waals surface area contributed by atoms with Crippen LogP contribution in [0.15, 0.2) is 72.8 Å². The Morgan fingerprint density at radius 2 is 1.84 bits per heavy atom. The van der Waals surface area contributed by atoms with Crippen LogP contribution in [-0.4, -0.2) is 17.4 Å². The molecular weight excluding hydrogens is 418 g/mol. The summed E-state index contributed by atoms with van der Waals surface area (Å²) in [5, 5.41) is 23.5. The van der Waals surface area contributed by atoms with Crippen LogP contribution in [0, 0.1) is 21.4 Å². The van der Waals surface area contributed by atoms with Crippen molar-refractivity contribution in [1.82, 2.24) is 0 Å². The molecule has 154 valence electrons. The molecule has 1 N–H and O–H groups in total. The molecule has 0 aliphatic rings. The molecular formula is C23H16ClN3O4. The maximum absolute atomic E-state index is 12.2. The number of allylic oxidation sites excluding steroid dienone is 1. The van der Waals surface area contributed by atoms with Crippen LogP contribution in [0.1, 0.15) is 11.1 Å². The van der Waals surface area contributed by atoms with Crippen molar-refractivity contribution in [1.29, 1.82) is 5.26 Å². The first-order chi connectivity index (χ1) is 15.0. The zero-order chi connectivity index (χ0) is 22.2. The lowest BCUT2D eigenvalue weighted by atomic mass is 10.0. The molecule has 3 aromatic rings. The highest BCUT2D eigenvalue weighted by atomic mass is 35.5. The van der Waals surface area contributed by atoms with Crippen molar-refractivity contribution in [3.63, 3.8) is 0 Å². The number of carbonyl (C=O) groups excluding carboxylic acids is 1. The van der Waals surface area contributed by atoms with Gasteiger partial charge in [0, 0.05) is 28.4 Å². The first-order valence-electron chi connectivity index (χ1n) is 9.10. The van der Waals surface area contributed by atoms with Crippen LogP contribution < -0.4 is 10.1 Å². The summed E-state index contributed by atoms with van der Waals surface area (Å²) in [7, 11) is 0. The Morgan fingerprint density at radius 1 is 1.13 bits per heavy atom. The number of nitrogens with one attached hydrogen (secondary N) is 1. The summed E-state index contributed by atoms with van der Waals surface area (Å²) in [6, 6.07) is 21.5. The van der Waals surface area contributed by atoms with Crippen molar-refractivity contribution < 1.29 is 14.5 Å². The van der Waals surface area contributed by atoms with E-state index in [1.807, 2.05) is 6.07 Å². The number of nitriles is 1. The number of nitro groups is 1. The molecule has 0 atom stereocenters. The molecule has 0 heterocycles. The number of carbonyl (C=O) groups is 1. The second kappa shape index (κ2) is 10.1. The molecule has 7 nitrogen and oxygen atoms in total. The van der Waals surface area contributed by atoms with E-state index in [9.17, 15) is 20.2 Å². The highest BCUT2D eigenvalue weighted by Gasteiger charge is 2.11. The van der Waals surface area contributed by atoms with Crippen LogP contribution in [0.5, 0.6) is 5.75 Å². The van der Waals surface area contributed by atoms with Gasteiger partial charge in [0.05, 0.1) is 16.6 Å². The third-order valence-electron chi connectivity index (χ3n) is 4.20. The van der Waals surface area contributed by atoms with Gasteiger partial charge in [0.15, 0.2) is 6.61 Å². The number of rotatable bonds is 7. The molecule has 0 spiro atoms. The normalized spacial score (nSPS) is 10.8. The summed E-state index contributed by atoms with van der Waals surface area (Å²) >= 11 is 6.09. The SMILES string of the molecule is N#C/C(=C\c1cc(Cl)ccc1OCC(=O)Nc1ccccc1)c1ccc([N+](=O)[O-])cc1. The monoisotopic (exact) mass is 433 g/mol. The number of amides is 1. The van der Waals surface area contributed by atoms with Gasteiger partial charge in [0.2, 0.25) is 0 Å². The predicted octanol–water partition coefficient (Wildman–Crippen LogP) is 5.33. The molecule has 0 aromatic heterocycles. The minimum absolute atomic E-state index is 0.0720. The molecule has 0 bridgehead atoms. The lowest BCUT2D eigenvalue weighted by Crippen LogP contribution is -2.20. The Balaban J connectivity index is 1.80. The highest BCUT2D eigenvalue weighted by molar-refractivity contribution is 6.30. The minimum Gasteiger partial charge on any atom is -0.483 e. The lowest BCUT2D eigenvalue weighted by molar-refractivity contribution is -0.384. The quantitative estimate of drug-likeness (QED) is 0.234. The van der Waals surface area contributed by atoms with Crippen LogP contribution in [0.2, 0.25) is 5.02 Å². The average molecular weight is 434 g/mol. The molecule has 0 unspecified atom stereocenters.